The summed E-state index contributed by atoms with van der Waals surface area (Å²) in [6.07, 6.45) is 7.89. The van der Waals surface area contributed by atoms with E-state index in [1.165, 1.54) is 38.5 Å². The summed E-state index contributed by atoms with van der Waals surface area (Å²) in [6.45, 7) is 7.02. The Morgan fingerprint density at radius 3 is 2.64 bits per heavy atom. The first-order valence-electron chi connectivity index (χ1n) is 6.08. The van der Waals surface area contributed by atoms with E-state index in [0.29, 0.717) is 11.5 Å². The van der Waals surface area contributed by atoms with E-state index < -0.39 is 0 Å². The van der Waals surface area contributed by atoms with Gasteiger partial charge in [-0.05, 0) is 30.6 Å². The molecule has 0 amide bonds. The molecule has 0 bridgehead atoms. The third-order valence-corrected chi connectivity index (χ3v) is 3.91. The molecule has 1 rings (SSSR count). The second-order valence-electron chi connectivity index (χ2n) is 5.40. The van der Waals surface area contributed by atoms with Crippen LogP contribution in [0.1, 0.15) is 59.3 Å². The zero-order valence-corrected chi connectivity index (χ0v) is 9.97. The minimum absolute atomic E-state index is 0.491. The summed E-state index contributed by atoms with van der Waals surface area (Å²) in [6, 6.07) is 0.535. The van der Waals surface area contributed by atoms with Crippen LogP contribution in [0.4, 0.5) is 0 Å². The number of nitrogens with two attached hydrogens (primary N) is 1. The predicted molar refractivity (Wildman–Crippen MR) is 61.8 cm³/mol. The molecular weight excluding hydrogens is 172 g/mol. The van der Waals surface area contributed by atoms with Crippen molar-refractivity contribution < 1.29 is 0 Å². The van der Waals surface area contributed by atoms with E-state index in [4.69, 9.17) is 5.84 Å². The van der Waals surface area contributed by atoms with Gasteiger partial charge in [-0.3, -0.25) is 11.3 Å². The van der Waals surface area contributed by atoms with Crippen molar-refractivity contribution in [3.05, 3.63) is 0 Å². The Morgan fingerprint density at radius 1 is 1.50 bits per heavy atom. The van der Waals surface area contributed by atoms with Gasteiger partial charge in [0, 0.05) is 6.04 Å². The molecule has 1 aliphatic carbocycles. The van der Waals surface area contributed by atoms with Gasteiger partial charge in [-0.2, -0.15) is 0 Å². The molecule has 0 aromatic carbocycles. The first kappa shape index (κ1) is 12.0. The quantitative estimate of drug-likeness (QED) is 0.526. The maximum atomic E-state index is 5.66. The summed E-state index contributed by atoms with van der Waals surface area (Å²) in [4.78, 5) is 0. The number of nitrogens with one attached hydrogen (secondary N) is 1. The number of hydrazine groups is 1. The van der Waals surface area contributed by atoms with Crippen LogP contribution in [0.15, 0.2) is 0 Å². The lowest BCUT2D eigenvalue weighted by molar-refractivity contribution is 0.188. The average Bonchev–Trinajstić information content (AvgIpc) is 2.48. The molecule has 84 valence electrons. The second kappa shape index (κ2) is 5.13. The number of rotatable bonds is 5. The molecule has 0 spiro atoms. The van der Waals surface area contributed by atoms with Crippen LogP contribution in [-0.4, -0.2) is 6.04 Å². The first-order valence-corrected chi connectivity index (χ1v) is 6.08. The Bertz CT molecular complexity index is 166. The predicted octanol–water partition coefficient (Wildman–Crippen LogP) is 2.83. The van der Waals surface area contributed by atoms with E-state index in [-0.39, 0.29) is 0 Å². The summed E-state index contributed by atoms with van der Waals surface area (Å²) in [5.74, 6) is 6.44. The molecule has 14 heavy (non-hydrogen) atoms. The van der Waals surface area contributed by atoms with Gasteiger partial charge in [-0.1, -0.05) is 40.0 Å². The van der Waals surface area contributed by atoms with Crippen molar-refractivity contribution in [2.45, 2.75) is 65.3 Å². The molecule has 2 heteroatoms. The minimum atomic E-state index is 0.491. The normalized spacial score (nSPS) is 27.9. The van der Waals surface area contributed by atoms with E-state index in [1.807, 2.05) is 0 Å². The van der Waals surface area contributed by atoms with Crippen LogP contribution in [0, 0.1) is 11.3 Å². The topological polar surface area (TPSA) is 38.0 Å². The molecule has 0 radical (unpaired) electrons. The fourth-order valence-corrected chi connectivity index (χ4v) is 2.92. The molecule has 2 nitrogen and oxygen atoms in total. The van der Waals surface area contributed by atoms with Gasteiger partial charge >= 0.3 is 0 Å². The third kappa shape index (κ3) is 2.71. The van der Waals surface area contributed by atoms with Gasteiger partial charge in [0.05, 0.1) is 0 Å². The summed E-state index contributed by atoms with van der Waals surface area (Å²) in [5, 5.41) is 0. The van der Waals surface area contributed by atoms with Crippen molar-refractivity contribution >= 4 is 0 Å². The van der Waals surface area contributed by atoms with E-state index >= 15 is 0 Å². The molecule has 2 unspecified atom stereocenters. The number of hydrogen-bond acceptors (Lipinski definition) is 2. The zero-order valence-electron chi connectivity index (χ0n) is 9.97. The maximum Gasteiger partial charge on any atom is 0.0243 e. The lowest BCUT2D eigenvalue weighted by Gasteiger charge is -2.33. The molecular formula is C12H26N2. The van der Waals surface area contributed by atoms with E-state index in [2.05, 4.69) is 26.2 Å². The lowest BCUT2D eigenvalue weighted by atomic mass is 9.76. The number of hydrogen-bond donors (Lipinski definition) is 2. The third-order valence-electron chi connectivity index (χ3n) is 3.91. The Morgan fingerprint density at radius 2 is 2.21 bits per heavy atom. The molecule has 1 aliphatic rings. The van der Waals surface area contributed by atoms with Crippen molar-refractivity contribution in [1.29, 1.82) is 0 Å². The van der Waals surface area contributed by atoms with Crippen LogP contribution < -0.4 is 11.3 Å². The summed E-state index contributed by atoms with van der Waals surface area (Å²) in [7, 11) is 0. The van der Waals surface area contributed by atoms with E-state index in [1.54, 1.807) is 0 Å². The zero-order chi connectivity index (χ0) is 10.6. The molecule has 1 saturated carbocycles. The van der Waals surface area contributed by atoms with Gasteiger partial charge in [0.1, 0.15) is 0 Å². The maximum absolute atomic E-state index is 5.66. The minimum Gasteiger partial charge on any atom is -0.271 e. The molecule has 0 saturated heterocycles. The number of unbranched alkanes of at least 4 members (excludes halogenated alkanes) is 1. The fourth-order valence-electron chi connectivity index (χ4n) is 2.92. The van der Waals surface area contributed by atoms with E-state index in [0.717, 1.165) is 5.92 Å². The highest BCUT2D eigenvalue weighted by Gasteiger charge is 2.38. The first-order chi connectivity index (χ1) is 6.61. The Hall–Kier alpha value is -0.0800. The van der Waals surface area contributed by atoms with Crippen LogP contribution >= 0.6 is 0 Å². The molecule has 0 aromatic heterocycles. The van der Waals surface area contributed by atoms with Gasteiger partial charge in [0.25, 0.3) is 0 Å². The van der Waals surface area contributed by atoms with Crippen LogP contribution in [0.3, 0.4) is 0 Å². The van der Waals surface area contributed by atoms with Crippen LogP contribution in [0.25, 0.3) is 0 Å². The molecule has 0 aliphatic heterocycles. The van der Waals surface area contributed by atoms with Crippen molar-refractivity contribution in [2.75, 3.05) is 0 Å². The van der Waals surface area contributed by atoms with Crippen LogP contribution in [0.2, 0.25) is 0 Å². The second-order valence-corrected chi connectivity index (χ2v) is 5.40. The van der Waals surface area contributed by atoms with Gasteiger partial charge in [0.15, 0.2) is 0 Å². The van der Waals surface area contributed by atoms with Gasteiger partial charge in [-0.15, -0.1) is 0 Å². The Balaban J connectivity index is 2.50. The van der Waals surface area contributed by atoms with Gasteiger partial charge < -0.3 is 0 Å². The lowest BCUT2D eigenvalue weighted by Crippen LogP contribution is -2.44. The molecule has 3 N–H and O–H groups in total. The Labute approximate surface area is 88.6 Å². The van der Waals surface area contributed by atoms with Crippen molar-refractivity contribution in [3.63, 3.8) is 0 Å². The summed E-state index contributed by atoms with van der Waals surface area (Å²) < 4.78 is 0. The smallest absolute Gasteiger partial charge is 0.0243 e. The van der Waals surface area contributed by atoms with Crippen LogP contribution in [-0.2, 0) is 0 Å². The average molecular weight is 198 g/mol. The van der Waals surface area contributed by atoms with Gasteiger partial charge in [0.2, 0.25) is 0 Å². The molecule has 0 heterocycles. The monoisotopic (exact) mass is 198 g/mol. The van der Waals surface area contributed by atoms with Crippen LogP contribution in [0.5, 0.6) is 0 Å². The van der Waals surface area contributed by atoms with Gasteiger partial charge in [-0.25, -0.2) is 0 Å². The highest BCUT2D eigenvalue weighted by Crippen LogP contribution is 2.45. The van der Waals surface area contributed by atoms with Crippen molar-refractivity contribution in [3.8, 4) is 0 Å². The Kier molecular flexibility index (Phi) is 4.39. The summed E-state index contributed by atoms with van der Waals surface area (Å²) in [5.41, 5.74) is 3.53. The highest BCUT2D eigenvalue weighted by atomic mass is 15.2. The fraction of sp³-hybridized carbons (Fsp3) is 1.00. The SMILES string of the molecule is CCCCC(NN)C1CCCC1(C)C. The largest absolute Gasteiger partial charge is 0.271 e. The highest BCUT2D eigenvalue weighted by molar-refractivity contribution is 4.91. The summed E-state index contributed by atoms with van der Waals surface area (Å²) >= 11 is 0. The molecule has 0 aromatic rings. The van der Waals surface area contributed by atoms with Crippen molar-refractivity contribution in [1.82, 2.24) is 5.43 Å². The molecule has 1 fully saturated rings. The van der Waals surface area contributed by atoms with Crippen molar-refractivity contribution in [2.24, 2.45) is 17.2 Å². The molecule has 2 atom stereocenters. The van der Waals surface area contributed by atoms with E-state index in [9.17, 15) is 0 Å². The standard InChI is InChI=1S/C12H26N2/c1-4-5-8-11(14-13)10-7-6-9-12(10,2)3/h10-11,14H,4-9,13H2,1-3H3.